The van der Waals surface area contributed by atoms with Gasteiger partial charge in [-0.25, -0.2) is 0 Å². The van der Waals surface area contributed by atoms with Crippen LogP contribution in [-0.2, 0) is 0 Å². The van der Waals surface area contributed by atoms with Crippen LogP contribution in [0.4, 0.5) is 0 Å². The molecule has 1 N–H and O–H groups in total. The quantitative estimate of drug-likeness (QED) is 0.410. The highest BCUT2D eigenvalue weighted by Crippen LogP contribution is 1.92. The van der Waals surface area contributed by atoms with Crippen LogP contribution in [0.5, 0.6) is 0 Å². The minimum atomic E-state index is -0.191. The minimum Gasteiger partial charge on any atom is -0.505 e. The standard InChI is InChI=1S/C4H6ClNO/c1-3(7)4(5)6-2/h7H,1H2,2H3. The molecule has 0 aromatic carbocycles. The smallest absolute Gasteiger partial charge is 0.164 e. The maximum Gasteiger partial charge on any atom is 0.164 e. The maximum atomic E-state index is 8.36. The summed E-state index contributed by atoms with van der Waals surface area (Å²) in [7, 11) is 1.48. The molecule has 0 fully saturated rings. The highest BCUT2D eigenvalue weighted by Gasteiger charge is 1.90. The molecule has 7 heavy (non-hydrogen) atoms. The number of halogens is 1. The van der Waals surface area contributed by atoms with E-state index in [1.54, 1.807) is 0 Å². The monoisotopic (exact) mass is 119 g/mol. The van der Waals surface area contributed by atoms with Gasteiger partial charge in [0, 0.05) is 7.05 Å². The van der Waals surface area contributed by atoms with Crippen molar-refractivity contribution >= 4 is 16.8 Å². The molecule has 0 aliphatic heterocycles. The Morgan fingerprint density at radius 3 is 2.29 bits per heavy atom. The summed E-state index contributed by atoms with van der Waals surface area (Å²) < 4.78 is 0. The first-order valence-corrected chi connectivity index (χ1v) is 2.06. The van der Waals surface area contributed by atoms with Crippen molar-refractivity contribution in [2.24, 2.45) is 4.99 Å². The van der Waals surface area contributed by atoms with Crippen LogP contribution >= 0.6 is 11.6 Å². The van der Waals surface area contributed by atoms with Gasteiger partial charge in [0.05, 0.1) is 0 Å². The first-order chi connectivity index (χ1) is 3.18. The van der Waals surface area contributed by atoms with Gasteiger partial charge in [-0.1, -0.05) is 18.2 Å². The van der Waals surface area contributed by atoms with Gasteiger partial charge in [-0.3, -0.25) is 4.99 Å². The number of nitrogens with zero attached hydrogens (tertiary/aromatic N) is 1. The fraction of sp³-hybridized carbons (Fsp3) is 0.250. The summed E-state index contributed by atoms with van der Waals surface area (Å²) in [4.78, 5) is 3.42. The maximum absolute atomic E-state index is 8.36. The van der Waals surface area contributed by atoms with Crippen LogP contribution in [0.15, 0.2) is 17.3 Å². The van der Waals surface area contributed by atoms with E-state index < -0.39 is 0 Å². The van der Waals surface area contributed by atoms with Crippen molar-refractivity contribution in [3.8, 4) is 0 Å². The Labute approximate surface area is 47.1 Å². The molecule has 0 radical (unpaired) electrons. The molecule has 0 saturated carbocycles. The zero-order valence-electron chi connectivity index (χ0n) is 3.98. The van der Waals surface area contributed by atoms with Gasteiger partial charge in [-0.05, 0) is 0 Å². The second kappa shape index (κ2) is 2.64. The molecular weight excluding hydrogens is 114 g/mol. The summed E-state index contributed by atoms with van der Waals surface area (Å²) in [5, 5.41) is 8.42. The summed E-state index contributed by atoms with van der Waals surface area (Å²) in [6.45, 7) is 3.12. The van der Waals surface area contributed by atoms with Gasteiger partial charge >= 0.3 is 0 Å². The third-order valence-corrected chi connectivity index (χ3v) is 0.822. The molecule has 0 aliphatic rings. The SMILES string of the molecule is C=C(O)C(Cl)=NC. The predicted molar refractivity (Wildman–Crippen MR) is 31.0 cm³/mol. The number of allylic oxidation sites excluding steroid dienone is 1. The fourth-order valence-corrected chi connectivity index (χ4v) is 0.129. The van der Waals surface area contributed by atoms with Crippen molar-refractivity contribution in [2.75, 3.05) is 7.05 Å². The molecule has 0 rings (SSSR count). The number of hydrogen-bond donors (Lipinski definition) is 1. The zero-order chi connectivity index (χ0) is 5.86. The zero-order valence-corrected chi connectivity index (χ0v) is 4.74. The van der Waals surface area contributed by atoms with Gasteiger partial charge in [-0.2, -0.15) is 0 Å². The number of aliphatic hydroxyl groups excluding tert-OH is 1. The van der Waals surface area contributed by atoms with E-state index in [1.165, 1.54) is 7.05 Å². The molecule has 0 bridgehead atoms. The lowest BCUT2D eigenvalue weighted by molar-refractivity contribution is 0.448. The molecule has 0 atom stereocenters. The molecule has 0 heterocycles. The topological polar surface area (TPSA) is 32.6 Å². The van der Waals surface area contributed by atoms with E-state index in [0.29, 0.717) is 0 Å². The molecule has 0 saturated heterocycles. The van der Waals surface area contributed by atoms with Crippen LogP contribution in [0.25, 0.3) is 0 Å². The summed E-state index contributed by atoms with van der Waals surface area (Å²) in [6, 6.07) is 0. The third kappa shape index (κ3) is 2.23. The molecule has 0 spiro atoms. The number of aliphatic imine (C=N–C) groups is 1. The molecule has 0 unspecified atom stereocenters. The van der Waals surface area contributed by atoms with Gasteiger partial charge in [0.1, 0.15) is 5.76 Å². The van der Waals surface area contributed by atoms with Crippen molar-refractivity contribution < 1.29 is 5.11 Å². The van der Waals surface area contributed by atoms with E-state index in [-0.39, 0.29) is 10.9 Å². The van der Waals surface area contributed by atoms with Crippen molar-refractivity contribution in [1.82, 2.24) is 0 Å². The van der Waals surface area contributed by atoms with Crippen LogP contribution in [0.1, 0.15) is 0 Å². The molecule has 0 aliphatic carbocycles. The molecule has 0 amide bonds. The normalized spacial score (nSPS) is 11.4. The Balaban J connectivity index is 3.82. The van der Waals surface area contributed by atoms with Crippen LogP contribution < -0.4 is 0 Å². The lowest BCUT2D eigenvalue weighted by Crippen LogP contribution is -1.88. The molecular formula is C4H6ClNO. The molecule has 0 aromatic rings. The molecule has 40 valence electrons. The van der Waals surface area contributed by atoms with E-state index in [1.807, 2.05) is 0 Å². The van der Waals surface area contributed by atoms with E-state index in [9.17, 15) is 0 Å². The highest BCUT2D eigenvalue weighted by atomic mass is 35.5. The lowest BCUT2D eigenvalue weighted by Gasteiger charge is -1.86. The lowest BCUT2D eigenvalue weighted by atomic mass is 10.6. The van der Waals surface area contributed by atoms with Gasteiger partial charge in [-0.15, -0.1) is 0 Å². The Morgan fingerprint density at radius 2 is 2.29 bits per heavy atom. The fourth-order valence-electron chi connectivity index (χ4n) is 0.129. The Morgan fingerprint density at radius 1 is 1.86 bits per heavy atom. The number of hydrogen-bond acceptors (Lipinski definition) is 2. The minimum absolute atomic E-state index is 0.0556. The van der Waals surface area contributed by atoms with Crippen molar-refractivity contribution in [2.45, 2.75) is 0 Å². The van der Waals surface area contributed by atoms with Crippen LogP contribution in [0, 0.1) is 0 Å². The van der Waals surface area contributed by atoms with Crippen LogP contribution in [0.2, 0.25) is 0 Å². The van der Waals surface area contributed by atoms with Crippen molar-refractivity contribution in [3.63, 3.8) is 0 Å². The van der Waals surface area contributed by atoms with Crippen molar-refractivity contribution in [3.05, 3.63) is 12.3 Å². The summed E-state index contributed by atoms with van der Waals surface area (Å²) in [6.07, 6.45) is 0. The predicted octanol–water partition coefficient (Wildman–Crippen LogP) is 1.33. The van der Waals surface area contributed by atoms with Gasteiger partial charge in [0.2, 0.25) is 0 Å². The third-order valence-electron chi connectivity index (χ3n) is 0.434. The second-order valence-electron chi connectivity index (χ2n) is 0.961. The Kier molecular flexibility index (Phi) is 2.45. The van der Waals surface area contributed by atoms with Crippen molar-refractivity contribution in [1.29, 1.82) is 0 Å². The van der Waals surface area contributed by atoms with Gasteiger partial charge in [0.15, 0.2) is 5.17 Å². The average Bonchev–Trinajstić information content (AvgIpc) is 1.65. The van der Waals surface area contributed by atoms with Crippen LogP contribution in [-0.4, -0.2) is 17.3 Å². The highest BCUT2D eigenvalue weighted by molar-refractivity contribution is 6.69. The summed E-state index contributed by atoms with van der Waals surface area (Å²) in [5.74, 6) is -0.191. The van der Waals surface area contributed by atoms with E-state index in [2.05, 4.69) is 11.6 Å². The number of rotatable bonds is 1. The first kappa shape index (κ1) is 6.50. The van der Waals surface area contributed by atoms with Gasteiger partial charge in [0.25, 0.3) is 0 Å². The Bertz CT molecular complexity index is 108. The van der Waals surface area contributed by atoms with E-state index in [4.69, 9.17) is 16.7 Å². The molecule has 2 nitrogen and oxygen atoms in total. The first-order valence-electron chi connectivity index (χ1n) is 1.69. The van der Waals surface area contributed by atoms with Crippen LogP contribution in [0.3, 0.4) is 0 Å². The van der Waals surface area contributed by atoms with Gasteiger partial charge < -0.3 is 5.11 Å². The summed E-state index contributed by atoms with van der Waals surface area (Å²) >= 11 is 5.20. The Hall–Kier alpha value is -0.500. The number of aliphatic hydroxyl groups is 1. The van der Waals surface area contributed by atoms with E-state index in [0.717, 1.165) is 0 Å². The largest absolute Gasteiger partial charge is 0.505 e. The molecule has 0 aromatic heterocycles. The summed E-state index contributed by atoms with van der Waals surface area (Å²) in [5.41, 5.74) is 0. The van der Waals surface area contributed by atoms with E-state index >= 15 is 0 Å². The molecule has 3 heteroatoms. The second-order valence-corrected chi connectivity index (χ2v) is 1.32. The average molecular weight is 120 g/mol.